The quantitative estimate of drug-likeness (QED) is 0.0699. The van der Waals surface area contributed by atoms with E-state index in [2.05, 4.69) is 37.6 Å². The van der Waals surface area contributed by atoms with Crippen molar-refractivity contribution in [3.8, 4) is 45.9 Å². The van der Waals surface area contributed by atoms with E-state index in [-0.39, 0.29) is 50.5 Å². The van der Waals surface area contributed by atoms with E-state index < -0.39 is 0 Å². The lowest BCUT2D eigenvalue weighted by atomic mass is 10.0. The minimum Gasteiger partial charge on any atom is -0.506 e. The standard InChI is InChI=1S/C30H24N4O3.C22H19N3O3/c1-20-29(37-19-22-5-13-27(32-2)14-6-22)28(18-35)26(16-33-20)17-34-30(36)25-11-9-24(10-12-25)23-7-3-21(15-31)4-8-23;1-14-21(27)20(13-26)19(11-24-14)12-25-22(28)18-8-6-17(7-9-18)16-4-2-15(10-23)3-5-16/h3-14,16,35H,17-19H2,1H3,(H,34,36);2-9,11,26-27H,12-13H2,1H3,(H,25,28). The number of aromatic nitrogens is 2. The Bertz CT molecular complexity index is 2920. The lowest BCUT2D eigenvalue weighted by Crippen LogP contribution is -2.23. The molecule has 0 spiro atoms. The predicted molar refractivity (Wildman–Crippen MR) is 244 cm³/mol. The van der Waals surface area contributed by atoms with E-state index in [0.29, 0.717) is 67.3 Å². The number of pyridine rings is 2. The van der Waals surface area contributed by atoms with E-state index in [9.17, 15) is 24.9 Å². The minimum absolute atomic E-state index is 0.0546. The van der Waals surface area contributed by atoms with Gasteiger partial charge in [-0.3, -0.25) is 19.6 Å². The van der Waals surface area contributed by atoms with E-state index >= 15 is 0 Å². The molecule has 0 saturated heterocycles. The summed E-state index contributed by atoms with van der Waals surface area (Å²) in [6.07, 6.45) is 3.17. The third-order valence-electron chi connectivity index (χ3n) is 10.5. The van der Waals surface area contributed by atoms with Gasteiger partial charge in [-0.25, -0.2) is 4.85 Å². The molecule has 5 aromatic carbocycles. The molecule has 65 heavy (non-hydrogen) atoms. The molecule has 0 aliphatic carbocycles. The Hall–Kier alpha value is -8.67. The van der Waals surface area contributed by atoms with E-state index in [1.807, 2.05) is 60.7 Å². The minimum atomic E-state index is -0.334. The number of ether oxygens (including phenoxy) is 1. The van der Waals surface area contributed by atoms with Gasteiger partial charge >= 0.3 is 0 Å². The van der Waals surface area contributed by atoms with Gasteiger partial charge in [-0.15, -0.1) is 0 Å². The Labute approximate surface area is 376 Å². The van der Waals surface area contributed by atoms with Crippen LogP contribution in [0.3, 0.4) is 0 Å². The molecule has 322 valence electrons. The number of hydrogen-bond acceptors (Lipinski definition) is 10. The lowest BCUT2D eigenvalue weighted by molar-refractivity contribution is 0.0942. The normalized spacial score (nSPS) is 10.3. The van der Waals surface area contributed by atoms with E-state index in [1.165, 1.54) is 6.20 Å². The third kappa shape index (κ3) is 11.6. The van der Waals surface area contributed by atoms with Gasteiger partial charge in [0.15, 0.2) is 5.69 Å². The molecular weight excluding hydrogens is 819 g/mol. The Morgan fingerprint density at radius 1 is 0.631 bits per heavy atom. The van der Waals surface area contributed by atoms with Crippen LogP contribution in [0.25, 0.3) is 27.1 Å². The monoisotopic (exact) mass is 861 g/mol. The maximum Gasteiger partial charge on any atom is 0.251 e. The van der Waals surface area contributed by atoms with Gasteiger partial charge in [0, 0.05) is 47.7 Å². The van der Waals surface area contributed by atoms with Crippen molar-refractivity contribution in [2.75, 3.05) is 0 Å². The number of nitriles is 2. The van der Waals surface area contributed by atoms with Crippen molar-refractivity contribution in [3.05, 3.63) is 207 Å². The van der Waals surface area contributed by atoms with Crippen LogP contribution in [-0.4, -0.2) is 37.1 Å². The molecule has 0 saturated carbocycles. The van der Waals surface area contributed by atoms with Crippen molar-refractivity contribution in [2.45, 2.75) is 46.8 Å². The first-order valence-electron chi connectivity index (χ1n) is 20.3. The number of carbonyl (C=O) groups excluding carboxylic acids is 2. The van der Waals surface area contributed by atoms with Crippen molar-refractivity contribution >= 4 is 17.5 Å². The predicted octanol–water partition coefficient (Wildman–Crippen LogP) is 8.54. The molecule has 7 aromatic rings. The molecule has 7 rings (SSSR count). The summed E-state index contributed by atoms with van der Waals surface area (Å²) in [7, 11) is 0. The zero-order chi connectivity index (χ0) is 46.3. The molecule has 0 fully saturated rings. The number of amides is 2. The van der Waals surface area contributed by atoms with Crippen LogP contribution >= 0.6 is 0 Å². The van der Waals surface area contributed by atoms with Gasteiger partial charge in [-0.1, -0.05) is 72.8 Å². The third-order valence-corrected chi connectivity index (χ3v) is 10.5. The molecule has 0 unspecified atom stereocenters. The molecule has 13 heteroatoms. The van der Waals surface area contributed by atoms with Crippen LogP contribution in [0.5, 0.6) is 11.5 Å². The highest BCUT2D eigenvalue weighted by atomic mass is 16.5. The number of aromatic hydroxyl groups is 1. The zero-order valence-corrected chi connectivity index (χ0v) is 35.5. The average Bonchev–Trinajstić information content (AvgIpc) is 3.36. The summed E-state index contributed by atoms with van der Waals surface area (Å²) in [6.45, 7) is 10.5. The maximum atomic E-state index is 12.8. The van der Waals surface area contributed by atoms with Crippen LogP contribution in [0.4, 0.5) is 5.69 Å². The maximum absolute atomic E-state index is 12.8. The Balaban J connectivity index is 0.000000224. The largest absolute Gasteiger partial charge is 0.506 e. The number of rotatable bonds is 13. The number of nitrogens with zero attached hydrogens (tertiary/aromatic N) is 5. The first kappa shape index (κ1) is 45.8. The summed E-state index contributed by atoms with van der Waals surface area (Å²) in [4.78, 5) is 37.0. The molecule has 0 aliphatic rings. The number of carbonyl (C=O) groups is 2. The number of aryl methyl sites for hydroxylation is 2. The Morgan fingerprint density at radius 2 is 1.05 bits per heavy atom. The van der Waals surface area contributed by atoms with Gasteiger partial charge in [-0.05, 0) is 101 Å². The van der Waals surface area contributed by atoms with Gasteiger partial charge in [0.2, 0.25) is 0 Å². The fraction of sp³-hybridized carbons (Fsp3) is 0.135. The number of benzene rings is 5. The van der Waals surface area contributed by atoms with E-state index in [1.54, 1.807) is 80.7 Å². The molecule has 0 bridgehead atoms. The summed E-state index contributed by atoms with van der Waals surface area (Å²) in [5.41, 5.74) is 10.6. The first-order valence-corrected chi connectivity index (χ1v) is 20.3. The molecule has 0 aliphatic heterocycles. The molecule has 2 heterocycles. The van der Waals surface area contributed by atoms with Gasteiger partial charge in [0.05, 0.1) is 54.4 Å². The average molecular weight is 862 g/mol. The van der Waals surface area contributed by atoms with Crippen LogP contribution < -0.4 is 15.4 Å². The van der Waals surface area contributed by atoms with Crippen molar-refractivity contribution in [1.82, 2.24) is 20.6 Å². The second kappa shape index (κ2) is 21.9. The van der Waals surface area contributed by atoms with Crippen LogP contribution in [0, 0.1) is 43.1 Å². The van der Waals surface area contributed by atoms with E-state index in [0.717, 1.165) is 27.8 Å². The van der Waals surface area contributed by atoms with Gasteiger partial charge in [-0.2, -0.15) is 10.5 Å². The summed E-state index contributed by atoms with van der Waals surface area (Å²) in [5, 5.41) is 53.0. The highest BCUT2D eigenvalue weighted by molar-refractivity contribution is 5.95. The summed E-state index contributed by atoms with van der Waals surface area (Å²) >= 11 is 0. The molecule has 5 N–H and O–H groups in total. The van der Waals surface area contributed by atoms with Crippen LogP contribution in [-0.2, 0) is 32.9 Å². The fourth-order valence-electron chi connectivity index (χ4n) is 6.69. The number of aliphatic hydroxyl groups is 2. The van der Waals surface area contributed by atoms with Crippen LogP contribution in [0.15, 0.2) is 134 Å². The van der Waals surface area contributed by atoms with Crippen molar-refractivity contribution in [3.63, 3.8) is 0 Å². The number of hydrogen-bond donors (Lipinski definition) is 5. The molecule has 0 atom stereocenters. The molecule has 2 amide bonds. The highest BCUT2D eigenvalue weighted by Gasteiger charge is 2.16. The Kier molecular flexibility index (Phi) is 15.5. The second-order valence-corrected chi connectivity index (χ2v) is 14.7. The smallest absolute Gasteiger partial charge is 0.251 e. The molecule has 13 nitrogen and oxygen atoms in total. The number of aliphatic hydroxyl groups excluding tert-OH is 2. The van der Waals surface area contributed by atoms with Crippen LogP contribution in [0.1, 0.15) is 71.0 Å². The first-order chi connectivity index (χ1) is 31.5. The lowest BCUT2D eigenvalue weighted by Gasteiger charge is -2.16. The molecule has 2 aromatic heterocycles. The highest BCUT2D eigenvalue weighted by Crippen LogP contribution is 2.28. The second-order valence-electron chi connectivity index (χ2n) is 14.7. The fourth-order valence-corrected chi connectivity index (χ4v) is 6.69. The topological polar surface area (TPSA) is 206 Å². The van der Waals surface area contributed by atoms with Crippen molar-refractivity contribution in [2.24, 2.45) is 0 Å². The van der Waals surface area contributed by atoms with Gasteiger partial charge < -0.3 is 30.7 Å². The summed E-state index contributed by atoms with van der Waals surface area (Å²) in [5.74, 6) is -0.0927. The number of nitrogens with one attached hydrogen (secondary N) is 2. The van der Waals surface area contributed by atoms with Crippen molar-refractivity contribution in [1.29, 1.82) is 10.5 Å². The SMILES string of the molecule is Cc1ncc(CNC(=O)c2ccc(-c3ccc(C#N)cc3)cc2)c(CO)c1O.[C-]#[N+]c1ccc(COc2c(C)ncc(CNC(=O)c3ccc(-c4ccc(C#N)cc4)cc3)c2CO)cc1. The Morgan fingerprint density at radius 3 is 1.46 bits per heavy atom. The van der Waals surface area contributed by atoms with Gasteiger partial charge in [0.1, 0.15) is 18.1 Å². The molecular formula is C52H43N7O6. The summed E-state index contributed by atoms with van der Waals surface area (Å²) in [6, 6.07) is 40.1. The van der Waals surface area contributed by atoms with Crippen molar-refractivity contribution < 1.29 is 29.6 Å². The van der Waals surface area contributed by atoms with E-state index in [4.69, 9.17) is 21.8 Å². The zero-order valence-electron chi connectivity index (χ0n) is 35.5. The van der Waals surface area contributed by atoms with Gasteiger partial charge in [0.25, 0.3) is 11.8 Å². The van der Waals surface area contributed by atoms with Crippen LogP contribution in [0.2, 0.25) is 0 Å². The molecule has 0 radical (unpaired) electrons. The summed E-state index contributed by atoms with van der Waals surface area (Å²) < 4.78 is 5.99.